The number of rotatable bonds is 5. The Hall–Kier alpha value is 0. The summed E-state index contributed by atoms with van der Waals surface area (Å²) in [5, 5.41) is 0. The fourth-order valence-corrected chi connectivity index (χ4v) is 5.47. The Labute approximate surface area is 89.5 Å². The van der Waals surface area contributed by atoms with Crippen LogP contribution in [0.25, 0.3) is 0 Å². The fraction of sp³-hybridized carbons (Fsp3) is 1.00. The van der Waals surface area contributed by atoms with Gasteiger partial charge in [-0.2, -0.15) is 0 Å². The van der Waals surface area contributed by atoms with Gasteiger partial charge in [0.1, 0.15) is 0 Å². The van der Waals surface area contributed by atoms with Gasteiger partial charge in [-0.25, -0.2) is 0 Å². The minimum Gasteiger partial charge on any atom is -0.0651 e. The Bertz CT molecular complexity index is 216. The zero-order chi connectivity index (χ0) is 10.6. The number of fused-ring (bicyclic) bond motifs is 1. The Morgan fingerprint density at radius 1 is 1.00 bits per heavy atom. The lowest BCUT2D eigenvalue weighted by atomic mass is 9.81. The molecule has 0 bridgehead atoms. The summed E-state index contributed by atoms with van der Waals surface area (Å²) in [5.74, 6) is 3.14. The van der Waals surface area contributed by atoms with Crippen LogP contribution in [0.5, 0.6) is 0 Å². The second-order valence-electron chi connectivity index (χ2n) is 5.56. The molecule has 0 aromatic heterocycles. The average Bonchev–Trinajstić information content (AvgIpc) is 3.01. The highest BCUT2D eigenvalue weighted by Gasteiger charge is 2.94. The van der Waals surface area contributed by atoms with Crippen LogP contribution >= 0.6 is 0 Å². The Kier molecular flexibility index (Phi) is 2.25. The van der Waals surface area contributed by atoms with Gasteiger partial charge in [-0.05, 0) is 35.0 Å². The van der Waals surface area contributed by atoms with E-state index in [2.05, 4.69) is 34.6 Å². The predicted octanol–water partition coefficient (Wildman–Crippen LogP) is 4.49. The van der Waals surface area contributed by atoms with E-state index in [0.29, 0.717) is 0 Å². The molecule has 3 atom stereocenters. The molecule has 0 heteroatoms. The van der Waals surface area contributed by atoms with Gasteiger partial charge in [0.2, 0.25) is 0 Å². The summed E-state index contributed by atoms with van der Waals surface area (Å²) in [6, 6.07) is 0. The number of hydrogen-bond donors (Lipinski definition) is 0. The Balaban J connectivity index is 2.19. The van der Waals surface area contributed by atoms with Crippen molar-refractivity contribution in [3.8, 4) is 0 Å². The quantitative estimate of drug-likeness (QED) is 0.604. The second-order valence-corrected chi connectivity index (χ2v) is 5.56. The highest BCUT2D eigenvalue weighted by atomic mass is 15.0. The summed E-state index contributed by atoms with van der Waals surface area (Å²) in [4.78, 5) is 0. The van der Waals surface area contributed by atoms with Crippen molar-refractivity contribution < 1.29 is 0 Å². The average molecular weight is 194 g/mol. The van der Waals surface area contributed by atoms with Gasteiger partial charge in [-0.3, -0.25) is 0 Å². The SMILES string of the molecule is CCC(C)C12C(CC)C1(CC)C2CC. The predicted molar refractivity (Wildman–Crippen MR) is 62.2 cm³/mol. The van der Waals surface area contributed by atoms with Crippen LogP contribution in [0.4, 0.5) is 0 Å². The molecule has 0 spiro atoms. The molecule has 0 N–H and O–H groups in total. The third-order valence-electron chi connectivity index (χ3n) is 5.87. The van der Waals surface area contributed by atoms with Crippen LogP contribution in [0.1, 0.15) is 60.3 Å². The maximum absolute atomic E-state index is 2.50. The lowest BCUT2D eigenvalue weighted by Gasteiger charge is -2.23. The molecule has 0 aromatic rings. The minimum atomic E-state index is 0.806. The molecule has 2 aliphatic carbocycles. The van der Waals surface area contributed by atoms with Gasteiger partial charge in [0.15, 0.2) is 0 Å². The van der Waals surface area contributed by atoms with Crippen LogP contribution < -0.4 is 0 Å². The first-order valence-corrected chi connectivity index (χ1v) is 6.68. The van der Waals surface area contributed by atoms with Crippen LogP contribution in [-0.2, 0) is 0 Å². The summed E-state index contributed by atoms with van der Waals surface area (Å²) in [7, 11) is 0. The first-order chi connectivity index (χ1) is 6.68. The molecule has 2 fully saturated rings. The lowest BCUT2D eigenvalue weighted by Crippen LogP contribution is -2.17. The maximum Gasteiger partial charge on any atom is -0.0142 e. The van der Waals surface area contributed by atoms with Crippen molar-refractivity contribution in [1.29, 1.82) is 0 Å². The van der Waals surface area contributed by atoms with E-state index in [9.17, 15) is 0 Å². The summed E-state index contributed by atoms with van der Waals surface area (Å²) in [6.45, 7) is 12.1. The first-order valence-electron chi connectivity index (χ1n) is 6.68. The van der Waals surface area contributed by atoms with Crippen molar-refractivity contribution in [3.05, 3.63) is 0 Å². The summed E-state index contributed by atoms with van der Waals surface area (Å²) < 4.78 is 0. The third-order valence-corrected chi connectivity index (χ3v) is 5.87. The lowest BCUT2D eigenvalue weighted by molar-refractivity contribution is 0.248. The van der Waals surface area contributed by atoms with E-state index in [1.54, 1.807) is 0 Å². The molecule has 2 saturated carbocycles. The molecule has 0 radical (unpaired) electrons. The molecular formula is C14H26. The van der Waals surface area contributed by atoms with Gasteiger partial charge in [0.25, 0.3) is 0 Å². The van der Waals surface area contributed by atoms with Crippen LogP contribution in [0, 0.1) is 28.6 Å². The molecule has 0 aliphatic heterocycles. The highest BCUT2D eigenvalue weighted by Crippen LogP contribution is 2.98. The molecule has 0 heterocycles. The Morgan fingerprint density at radius 3 is 1.79 bits per heavy atom. The topological polar surface area (TPSA) is 0 Å². The van der Waals surface area contributed by atoms with Crippen LogP contribution in [0.2, 0.25) is 0 Å². The zero-order valence-corrected chi connectivity index (χ0v) is 10.6. The normalized spacial score (nSPS) is 51.2. The second kappa shape index (κ2) is 3.00. The standard InChI is InChI=1S/C14H26/c1-6-10(5)14-11(7-2)13(14,9-4)12(14)8-3/h10-12H,6-9H2,1-5H3. The monoisotopic (exact) mass is 194 g/mol. The van der Waals surface area contributed by atoms with E-state index in [-0.39, 0.29) is 0 Å². The Morgan fingerprint density at radius 2 is 1.50 bits per heavy atom. The maximum atomic E-state index is 2.50. The van der Waals surface area contributed by atoms with Gasteiger partial charge in [0, 0.05) is 0 Å². The van der Waals surface area contributed by atoms with Crippen molar-refractivity contribution >= 4 is 0 Å². The van der Waals surface area contributed by atoms with E-state index < -0.39 is 0 Å². The summed E-state index contributed by atoms with van der Waals surface area (Å²) in [6.07, 6.45) is 5.67. The third kappa shape index (κ3) is 0.750. The molecule has 0 nitrogen and oxygen atoms in total. The van der Waals surface area contributed by atoms with Crippen LogP contribution in [0.15, 0.2) is 0 Å². The van der Waals surface area contributed by atoms with Crippen LogP contribution in [-0.4, -0.2) is 0 Å². The van der Waals surface area contributed by atoms with Crippen molar-refractivity contribution in [3.63, 3.8) is 0 Å². The van der Waals surface area contributed by atoms with E-state index in [1.807, 2.05) is 0 Å². The van der Waals surface area contributed by atoms with E-state index in [1.165, 1.54) is 25.7 Å². The molecular weight excluding hydrogens is 168 g/mol. The van der Waals surface area contributed by atoms with Crippen molar-refractivity contribution in [2.75, 3.05) is 0 Å². The van der Waals surface area contributed by atoms with E-state index >= 15 is 0 Å². The smallest absolute Gasteiger partial charge is 0.0142 e. The molecule has 2 rings (SSSR count). The fourth-order valence-electron chi connectivity index (χ4n) is 5.47. The highest BCUT2D eigenvalue weighted by molar-refractivity contribution is 5.41. The van der Waals surface area contributed by atoms with Crippen LogP contribution in [0.3, 0.4) is 0 Å². The molecule has 3 unspecified atom stereocenters. The van der Waals surface area contributed by atoms with Crippen molar-refractivity contribution in [2.45, 2.75) is 60.3 Å². The molecule has 0 aromatic carbocycles. The van der Waals surface area contributed by atoms with Gasteiger partial charge in [0.05, 0.1) is 0 Å². The number of hydrogen-bond acceptors (Lipinski definition) is 0. The summed E-state index contributed by atoms with van der Waals surface area (Å²) in [5.41, 5.74) is 1.62. The largest absolute Gasteiger partial charge is 0.0651 e. The van der Waals surface area contributed by atoms with Gasteiger partial charge in [-0.15, -0.1) is 0 Å². The summed E-state index contributed by atoms with van der Waals surface area (Å²) >= 11 is 0. The van der Waals surface area contributed by atoms with E-state index in [0.717, 1.165) is 28.6 Å². The van der Waals surface area contributed by atoms with E-state index in [4.69, 9.17) is 0 Å². The first kappa shape index (κ1) is 10.5. The molecule has 0 saturated heterocycles. The van der Waals surface area contributed by atoms with Gasteiger partial charge >= 0.3 is 0 Å². The van der Waals surface area contributed by atoms with Gasteiger partial charge < -0.3 is 0 Å². The molecule has 82 valence electrons. The molecule has 2 aliphatic rings. The minimum absolute atomic E-state index is 0.806. The van der Waals surface area contributed by atoms with Crippen molar-refractivity contribution in [2.24, 2.45) is 28.6 Å². The van der Waals surface area contributed by atoms with Gasteiger partial charge in [-0.1, -0.05) is 53.9 Å². The van der Waals surface area contributed by atoms with Crippen molar-refractivity contribution in [1.82, 2.24) is 0 Å². The molecule has 0 amide bonds. The zero-order valence-electron chi connectivity index (χ0n) is 10.6. The molecule has 14 heavy (non-hydrogen) atoms.